The van der Waals surface area contributed by atoms with Crippen molar-refractivity contribution >= 4 is 39.5 Å². The van der Waals surface area contributed by atoms with Gasteiger partial charge in [-0.1, -0.05) is 46.7 Å². The first-order valence-corrected chi connectivity index (χ1v) is 30.8. The molecule has 1 amide bonds. The van der Waals surface area contributed by atoms with E-state index in [4.69, 9.17) is 77.0 Å². The molecule has 0 radical (unpaired) electrons. The number of aromatic nitrogens is 4. The van der Waals surface area contributed by atoms with Gasteiger partial charge >= 0.3 is 0 Å². The summed E-state index contributed by atoms with van der Waals surface area (Å²) < 4.78 is 83.9. The van der Waals surface area contributed by atoms with E-state index >= 15 is 0 Å². The Balaban J connectivity index is 1.22. The van der Waals surface area contributed by atoms with Gasteiger partial charge in [-0.25, -0.2) is 15.0 Å². The molecule has 1 unspecified atom stereocenters. The second-order valence-electron chi connectivity index (χ2n) is 19.8. The molecular formula is C46H87N9O15Si2. The SMILES string of the molecule is CC(C)(C)[Si](C)(C)OC[C@H]1OC(n2cnc3c(N)ncnc32)[C@H](OCC(=O)NCCOCCOCCOCCOCCOCCOCCOCCOCCOCCOCCN=[N+]=[N-])[C@@H]1O[Si](C)(C)C(C)(C)C. The van der Waals surface area contributed by atoms with Gasteiger partial charge in [0, 0.05) is 18.0 Å². The molecule has 1 aliphatic rings. The fourth-order valence-corrected chi connectivity index (χ4v) is 8.52. The zero-order valence-electron chi connectivity index (χ0n) is 44.8. The summed E-state index contributed by atoms with van der Waals surface area (Å²) in [4.78, 5) is 28.9. The van der Waals surface area contributed by atoms with E-state index in [9.17, 15) is 4.79 Å². The largest absolute Gasteiger partial charge is 0.414 e. The zero-order chi connectivity index (χ0) is 52.7. The van der Waals surface area contributed by atoms with Gasteiger partial charge in [-0.05, 0) is 41.8 Å². The standard InChI is InChI=1S/C46H87N9O15Si2/c1-45(2,3)71(7,8)68-33-37-40(70-72(9,10)46(4,5)6)41(44(69-37)55-36-52-39-42(47)50-35-51-43(39)55)67-34-38(56)49-11-13-57-15-17-59-19-21-61-23-25-63-27-29-65-31-32-66-30-28-64-26-24-62-22-20-60-18-16-58-14-12-53-54-48/h35-37,40-41,44H,11-34H2,1-10H3,(H,49,56)(H2,47,50,51)/t37-,40-,41-,44?/m1/s1. The summed E-state index contributed by atoms with van der Waals surface area (Å²) in [7, 11) is -4.58. The number of carbonyl (C=O) groups is 1. The number of anilines is 1. The molecule has 0 aliphatic carbocycles. The van der Waals surface area contributed by atoms with Crippen LogP contribution in [-0.4, -0.2) is 219 Å². The molecule has 0 spiro atoms. The average molecular weight is 1060 g/mol. The molecule has 414 valence electrons. The smallest absolute Gasteiger partial charge is 0.246 e. The fraction of sp³-hybridized carbons (Fsp3) is 0.870. The number of nitrogens with two attached hydrogens (primary N) is 1. The minimum absolute atomic E-state index is 0.0195. The van der Waals surface area contributed by atoms with Crippen LogP contribution in [0.1, 0.15) is 47.8 Å². The van der Waals surface area contributed by atoms with Crippen molar-refractivity contribution in [2.45, 2.75) is 102 Å². The maximum absolute atomic E-state index is 13.2. The minimum atomic E-state index is -2.40. The number of ether oxygens (including phenoxy) is 12. The molecule has 1 aliphatic heterocycles. The molecule has 3 N–H and O–H groups in total. The number of nitrogens with zero attached hydrogens (tertiary/aromatic N) is 7. The highest BCUT2D eigenvalue weighted by molar-refractivity contribution is 6.74. The predicted molar refractivity (Wildman–Crippen MR) is 274 cm³/mol. The summed E-state index contributed by atoms with van der Waals surface area (Å²) >= 11 is 0. The van der Waals surface area contributed by atoms with Gasteiger partial charge in [-0.15, -0.1) is 0 Å². The van der Waals surface area contributed by atoms with Crippen molar-refractivity contribution < 1.29 is 70.5 Å². The third kappa shape index (κ3) is 24.1. The second-order valence-corrected chi connectivity index (χ2v) is 29.3. The van der Waals surface area contributed by atoms with Crippen molar-refractivity contribution in [1.29, 1.82) is 0 Å². The van der Waals surface area contributed by atoms with Gasteiger partial charge in [-0.3, -0.25) is 9.36 Å². The van der Waals surface area contributed by atoms with Crippen LogP contribution in [0.25, 0.3) is 21.6 Å². The van der Waals surface area contributed by atoms with Crippen molar-refractivity contribution in [2.24, 2.45) is 5.11 Å². The molecule has 72 heavy (non-hydrogen) atoms. The minimum Gasteiger partial charge on any atom is -0.414 e. The van der Waals surface area contributed by atoms with Crippen LogP contribution in [0.5, 0.6) is 0 Å². The lowest BCUT2D eigenvalue weighted by atomic mass is 10.1. The summed E-state index contributed by atoms with van der Waals surface area (Å²) in [6.07, 6.45) is 0.464. The number of rotatable bonds is 42. The topological polar surface area (TPSA) is 277 Å². The van der Waals surface area contributed by atoms with E-state index in [1.165, 1.54) is 6.33 Å². The normalized spacial score (nSPS) is 17.8. The first-order chi connectivity index (χ1) is 34.4. The highest BCUT2D eigenvalue weighted by Crippen LogP contribution is 2.44. The number of fused-ring (bicyclic) bond motifs is 1. The molecule has 0 aromatic carbocycles. The number of nitrogens with one attached hydrogen (secondary N) is 1. The average Bonchev–Trinajstić information content (AvgIpc) is 3.90. The summed E-state index contributed by atoms with van der Waals surface area (Å²) in [5.41, 5.74) is 15.3. The lowest BCUT2D eigenvalue weighted by molar-refractivity contribution is -0.132. The van der Waals surface area contributed by atoms with Gasteiger partial charge < -0.3 is 76.7 Å². The van der Waals surface area contributed by atoms with Gasteiger partial charge in [0.1, 0.15) is 36.8 Å². The zero-order valence-corrected chi connectivity index (χ0v) is 46.8. The van der Waals surface area contributed by atoms with Crippen molar-refractivity contribution in [2.75, 3.05) is 164 Å². The Morgan fingerprint density at radius 3 is 1.57 bits per heavy atom. The molecular weight excluding hydrogens is 975 g/mol. The summed E-state index contributed by atoms with van der Waals surface area (Å²) in [5.74, 6) is -0.0576. The second kappa shape index (κ2) is 34.5. The molecule has 2 aromatic rings. The number of amides is 1. The first kappa shape index (κ1) is 63.3. The Kier molecular flexibility index (Phi) is 30.4. The van der Waals surface area contributed by atoms with Gasteiger partial charge in [0.15, 0.2) is 34.3 Å². The molecule has 4 atom stereocenters. The van der Waals surface area contributed by atoms with Crippen LogP contribution >= 0.6 is 0 Å². The number of carbonyl (C=O) groups excluding carboxylic acids is 1. The molecule has 0 bridgehead atoms. The van der Waals surface area contributed by atoms with Crippen LogP contribution in [0, 0.1) is 0 Å². The lowest BCUT2D eigenvalue weighted by Gasteiger charge is -2.41. The summed E-state index contributed by atoms with van der Waals surface area (Å²) in [6.45, 7) is 31.3. The number of hydrogen-bond donors (Lipinski definition) is 2. The van der Waals surface area contributed by atoms with E-state index in [1.807, 2.05) is 0 Å². The first-order valence-electron chi connectivity index (χ1n) is 25.0. The predicted octanol–water partition coefficient (Wildman–Crippen LogP) is 4.70. The summed E-state index contributed by atoms with van der Waals surface area (Å²) in [6, 6.07) is 0. The monoisotopic (exact) mass is 1060 g/mol. The lowest BCUT2D eigenvalue weighted by Crippen LogP contribution is -2.52. The molecule has 24 nitrogen and oxygen atoms in total. The van der Waals surface area contributed by atoms with Gasteiger partial charge in [0.2, 0.25) is 5.91 Å². The highest BCUT2D eigenvalue weighted by Gasteiger charge is 2.53. The van der Waals surface area contributed by atoms with E-state index < -0.39 is 41.2 Å². The molecule has 0 saturated carbocycles. The maximum atomic E-state index is 13.2. The van der Waals surface area contributed by atoms with Crippen molar-refractivity contribution in [3.05, 3.63) is 23.1 Å². The van der Waals surface area contributed by atoms with Crippen LogP contribution in [0.3, 0.4) is 0 Å². The van der Waals surface area contributed by atoms with Crippen molar-refractivity contribution in [3.63, 3.8) is 0 Å². The Morgan fingerprint density at radius 2 is 1.12 bits per heavy atom. The molecule has 1 fully saturated rings. The van der Waals surface area contributed by atoms with Crippen LogP contribution in [0.4, 0.5) is 5.82 Å². The van der Waals surface area contributed by atoms with Crippen LogP contribution in [0.2, 0.25) is 36.3 Å². The van der Waals surface area contributed by atoms with E-state index in [-0.39, 0.29) is 28.4 Å². The van der Waals surface area contributed by atoms with Crippen molar-refractivity contribution in [3.8, 4) is 0 Å². The highest BCUT2D eigenvalue weighted by atomic mass is 28.4. The number of hydrogen-bond acceptors (Lipinski definition) is 20. The number of imidazole rings is 1. The molecule has 3 rings (SSSR count). The number of nitrogen functional groups attached to an aromatic ring is 1. The quantitative estimate of drug-likeness (QED) is 0.0300. The molecule has 2 aromatic heterocycles. The van der Waals surface area contributed by atoms with Crippen LogP contribution in [0.15, 0.2) is 17.8 Å². The Hall–Kier alpha value is -3.00. The van der Waals surface area contributed by atoms with Crippen LogP contribution in [-0.2, 0) is 70.5 Å². The van der Waals surface area contributed by atoms with Gasteiger partial charge in [0.25, 0.3) is 0 Å². The Bertz CT molecular complexity index is 1820. The van der Waals surface area contributed by atoms with E-state index in [0.717, 1.165) is 0 Å². The Labute approximate surface area is 428 Å². The molecule has 3 heterocycles. The maximum Gasteiger partial charge on any atom is 0.246 e. The van der Waals surface area contributed by atoms with Crippen molar-refractivity contribution in [1.82, 2.24) is 24.8 Å². The fourth-order valence-electron chi connectivity index (χ4n) is 6.18. The van der Waals surface area contributed by atoms with Gasteiger partial charge in [-0.2, -0.15) is 0 Å². The third-order valence-corrected chi connectivity index (χ3v) is 21.3. The van der Waals surface area contributed by atoms with Gasteiger partial charge in [0.05, 0.1) is 145 Å². The van der Waals surface area contributed by atoms with E-state index in [1.54, 1.807) is 10.9 Å². The molecule has 26 heteroatoms. The molecule has 1 saturated heterocycles. The Morgan fingerprint density at radius 1 is 0.681 bits per heavy atom. The van der Waals surface area contributed by atoms with E-state index in [0.29, 0.717) is 163 Å². The van der Waals surface area contributed by atoms with E-state index in [2.05, 4.69) is 98.0 Å². The number of azide groups is 1. The summed E-state index contributed by atoms with van der Waals surface area (Å²) in [5, 5.41) is 6.14. The van der Waals surface area contributed by atoms with Crippen LogP contribution < -0.4 is 11.1 Å². The third-order valence-electron chi connectivity index (χ3n) is 12.3.